The lowest BCUT2D eigenvalue weighted by Gasteiger charge is -2.27. The number of benzene rings is 2. The predicted molar refractivity (Wildman–Crippen MR) is 118 cm³/mol. The van der Waals surface area contributed by atoms with Crippen molar-refractivity contribution in [1.82, 2.24) is 24.9 Å². The van der Waals surface area contributed by atoms with Crippen molar-refractivity contribution in [3.8, 4) is 17.1 Å². The molecule has 8 nitrogen and oxygen atoms in total. The van der Waals surface area contributed by atoms with Crippen molar-refractivity contribution in [2.45, 2.75) is 17.8 Å². The Hall–Kier alpha value is -3.24. The summed E-state index contributed by atoms with van der Waals surface area (Å²) in [7, 11) is 0. The van der Waals surface area contributed by atoms with Crippen LogP contribution in [-0.2, 0) is 10.5 Å². The van der Waals surface area contributed by atoms with Crippen LogP contribution < -0.4 is 4.90 Å². The number of hydrogen-bond donors (Lipinski definition) is 0. The molecule has 0 amide bonds. The Kier molecular flexibility index (Phi) is 5.87. The lowest BCUT2D eigenvalue weighted by atomic mass is 10.1. The summed E-state index contributed by atoms with van der Waals surface area (Å²) in [6, 6.07) is 14.3. The smallest absolute Gasteiger partial charge is 0.237 e. The average Bonchev–Trinajstić information content (AvgIpc) is 3.46. The number of aromatic nitrogens is 5. The Morgan fingerprint density at radius 3 is 2.72 bits per heavy atom. The van der Waals surface area contributed by atoms with E-state index in [4.69, 9.17) is 9.26 Å². The fourth-order valence-electron chi connectivity index (χ4n) is 3.54. The van der Waals surface area contributed by atoms with Crippen molar-refractivity contribution < 1.29 is 13.7 Å². The molecule has 0 aliphatic carbocycles. The van der Waals surface area contributed by atoms with Crippen LogP contribution in [0.1, 0.15) is 11.5 Å². The first-order chi connectivity index (χ1) is 15.7. The van der Waals surface area contributed by atoms with E-state index in [0.29, 0.717) is 60.6 Å². The molecular formula is C22H21FN6O2S. The molecule has 5 rings (SSSR count). The third-order valence-electron chi connectivity index (χ3n) is 5.16. The minimum Gasteiger partial charge on any atom is -0.378 e. The number of thioether (sulfide) groups is 1. The van der Waals surface area contributed by atoms with Gasteiger partial charge in [0.1, 0.15) is 5.82 Å². The molecule has 0 bridgehead atoms. The van der Waals surface area contributed by atoms with E-state index >= 15 is 0 Å². The van der Waals surface area contributed by atoms with Gasteiger partial charge in [-0.05, 0) is 30.7 Å². The van der Waals surface area contributed by atoms with Crippen molar-refractivity contribution >= 4 is 17.7 Å². The highest BCUT2D eigenvalue weighted by molar-refractivity contribution is 7.98. The molecule has 0 spiro atoms. The lowest BCUT2D eigenvalue weighted by Crippen LogP contribution is -2.37. The molecule has 1 saturated heterocycles. The zero-order valence-corrected chi connectivity index (χ0v) is 18.3. The zero-order chi connectivity index (χ0) is 21.9. The van der Waals surface area contributed by atoms with Crippen LogP contribution in [0.5, 0.6) is 0 Å². The van der Waals surface area contributed by atoms with Crippen molar-refractivity contribution in [3.63, 3.8) is 0 Å². The summed E-state index contributed by atoms with van der Waals surface area (Å²) in [5.74, 6) is 1.79. The molecule has 164 valence electrons. The number of rotatable bonds is 6. The van der Waals surface area contributed by atoms with Crippen LogP contribution in [-0.4, -0.2) is 51.2 Å². The van der Waals surface area contributed by atoms with E-state index in [0.717, 1.165) is 11.1 Å². The molecule has 1 fully saturated rings. The Balaban J connectivity index is 1.41. The topological polar surface area (TPSA) is 82.1 Å². The van der Waals surface area contributed by atoms with Gasteiger partial charge in [0, 0.05) is 18.7 Å². The number of nitrogens with zero attached hydrogens (tertiary/aromatic N) is 6. The van der Waals surface area contributed by atoms with E-state index in [-0.39, 0.29) is 5.82 Å². The standard InChI is InChI=1S/C22H21FN6O2S/c1-15-5-2-3-8-18(15)20-24-19(31-27-20)14-32-22-26-25-21(28-9-11-30-12-10-28)29(22)17-7-4-6-16(23)13-17/h2-8,13H,9-12,14H2,1H3. The van der Waals surface area contributed by atoms with E-state index in [1.165, 1.54) is 23.9 Å². The van der Waals surface area contributed by atoms with E-state index in [9.17, 15) is 4.39 Å². The number of hydrogen-bond acceptors (Lipinski definition) is 8. The third kappa shape index (κ3) is 4.23. The van der Waals surface area contributed by atoms with Gasteiger partial charge in [-0.25, -0.2) is 4.39 Å². The van der Waals surface area contributed by atoms with Crippen molar-refractivity contribution in [2.24, 2.45) is 0 Å². The van der Waals surface area contributed by atoms with Crippen molar-refractivity contribution in [1.29, 1.82) is 0 Å². The first-order valence-corrected chi connectivity index (χ1v) is 11.2. The van der Waals surface area contributed by atoms with Crippen LogP contribution in [0.15, 0.2) is 58.2 Å². The molecule has 0 atom stereocenters. The summed E-state index contributed by atoms with van der Waals surface area (Å²) in [6.07, 6.45) is 0. The number of halogens is 1. The van der Waals surface area contributed by atoms with Gasteiger partial charge >= 0.3 is 0 Å². The van der Waals surface area contributed by atoms with Crippen LogP contribution in [0, 0.1) is 12.7 Å². The van der Waals surface area contributed by atoms with Crippen LogP contribution in [0.4, 0.5) is 10.3 Å². The van der Waals surface area contributed by atoms with E-state index in [2.05, 4.69) is 25.2 Å². The molecule has 1 aliphatic rings. The summed E-state index contributed by atoms with van der Waals surface area (Å²) >= 11 is 1.41. The number of aryl methyl sites for hydroxylation is 1. The number of ether oxygens (including phenoxy) is 1. The first kappa shape index (κ1) is 20.7. The van der Waals surface area contributed by atoms with Gasteiger partial charge < -0.3 is 14.2 Å². The van der Waals surface area contributed by atoms with E-state index in [1.807, 2.05) is 41.8 Å². The largest absolute Gasteiger partial charge is 0.378 e. The fourth-order valence-corrected chi connectivity index (χ4v) is 4.32. The molecule has 2 aromatic heterocycles. The van der Waals surface area contributed by atoms with Crippen LogP contribution in [0.3, 0.4) is 0 Å². The predicted octanol–water partition coefficient (Wildman–Crippen LogP) is 3.89. The molecule has 0 N–H and O–H groups in total. The second-order valence-electron chi connectivity index (χ2n) is 7.31. The Morgan fingerprint density at radius 1 is 1.06 bits per heavy atom. The molecule has 10 heteroatoms. The summed E-state index contributed by atoms with van der Waals surface area (Å²) < 4.78 is 26.8. The maximum absolute atomic E-state index is 14.0. The van der Waals surface area contributed by atoms with Crippen LogP contribution >= 0.6 is 11.8 Å². The van der Waals surface area contributed by atoms with Gasteiger partial charge in [0.2, 0.25) is 17.7 Å². The average molecular weight is 453 g/mol. The fraction of sp³-hybridized carbons (Fsp3) is 0.273. The second-order valence-corrected chi connectivity index (χ2v) is 8.26. The summed E-state index contributed by atoms with van der Waals surface area (Å²) in [6.45, 7) is 4.63. The SMILES string of the molecule is Cc1ccccc1-c1noc(CSc2nnc(N3CCOCC3)n2-c2cccc(F)c2)n1. The lowest BCUT2D eigenvalue weighted by molar-refractivity contribution is 0.122. The number of morpholine rings is 1. The Morgan fingerprint density at radius 2 is 1.91 bits per heavy atom. The normalized spacial score (nSPS) is 14.1. The van der Waals surface area contributed by atoms with Gasteiger partial charge in [0.05, 0.1) is 24.7 Å². The van der Waals surface area contributed by atoms with E-state index < -0.39 is 0 Å². The quantitative estimate of drug-likeness (QED) is 0.408. The number of anilines is 1. The Labute approximate surface area is 188 Å². The molecule has 0 saturated carbocycles. The molecule has 32 heavy (non-hydrogen) atoms. The monoisotopic (exact) mass is 452 g/mol. The van der Waals surface area contributed by atoms with Gasteiger partial charge in [-0.15, -0.1) is 10.2 Å². The minimum atomic E-state index is -0.320. The molecule has 0 radical (unpaired) electrons. The molecule has 2 aromatic carbocycles. The van der Waals surface area contributed by atoms with Gasteiger partial charge in [-0.1, -0.05) is 47.3 Å². The van der Waals surface area contributed by atoms with Crippen molar-refractivity contribution in [2.75, 3.05) is 31.2 Å². The zero-order valence-electron chi connectivity index (χ0n) is 17.4. The highest BCUT2D eigenvalue weighted by atomic mass is 32.2. The molecule has 1 aliphatic heterocycles. The van der Waals surface area contributed by atoms with E-state index in [1.54, 1.807) is 6.07 Å². The first-order valence-electron chi connectivity index (χ1n) is 10.2. The van der Waals surface area contributed by atoms with Crippen molar-refractivity contribution in [3.05, 3.63) is 65.8 Å². The minimum absolute atomic E-state index is 0.320. The molecule has 0 unspecified atom stereocenters. The third-order valence-corrected chi connectivity index (χ3v) is 6.07. The van der Waals surface area contributed by atoms with Crippen LogP contribution in [0.25, 0.3) is 17.1 Å². The maximum Gasteiger partial charge on any atom is 0.237 e. The van der Waals surface area contributed by atoms with Gasteiger partial charge in [-0.3, -0.25) is 4.57 Å². The summed E-state index contributed by atoms with van der Waals surface area (Å²) in [4.78, 5) is 6.62. The molecular weight excluding hydrogens is 431 g/mol. The van der Waals surface area contributed by atoms with Gasteiger partial charge in [0.15, 0.2) is 5.16 Å². The highest BCUT2D eigenvalue weighted by Crippen LogP contribution is 2.30. The molecule has 4 aromatic rings. The maximum atomic E-state index is 14.0. The van der Waals surface area contributed by atoms with Gasteiger partial charge in [-0.2, -0.15) is 4.98 Å². The molecule has 3 heterocycles. The Bertz CT molecular complexity index is 1220. The second kappa shape index (κ2) is 9.09. The summed E-state index contributed by atoms with van der Waals surface area (Å²) in [5, 5.41) is 13.5. The van der Waals surface area contributed by atoms with Gasteiger partial charge in [0.25, 0.3) is 0 Å². The van der Waals surface area contributed by atoms with Crippen LogP contribution in [0.2, 0.25) is 0 Å². The summed E-state index contributed by atoms with van der Waals surface area (Å²) in [5.41, 5.74) is 2.67. The highest BCUT2D eigenvalue weighted by Gasteiger charge is 2.23.